The van der Waals surface area contributed by atoms with Gasteiger partial charge in [-0.15, -0.1) is 13.2 Å². The van der Waals surface area contributed by atoms with Crippen LogP contribution in [0.1, 0.15) is 44.2 Å². The summed E-state index contributed by atoms with van der Waals surface area (Å²) in [6.45, 7) is 3.45. The maximum absolute atomic E-state index is 13.8. The minimum atomic E-state index is -5.08. The lowest BCUT2D eigenvalue weighted by Gasteiger charge is -2.29. The number of nitrogens with zero attached hydrogens (tertiary/aromatic N) is 1. The lowest BCUT2D eigenvalue weighted by Crippen LogP contribution is -2.46. The fourth-order valence-electron chi connectivity index (χ4n) is 3.91. The van der Waals surface area contributed by atoms with Gasteiger partial charge < -0.3 is 20.3 Å². The molecule has 0 aliphatic heterocycles. The zero-order chi connectivity index (χ0) is 29.4. The maximum atomic E-state index is 13.8. The Morgan fingerprint density at radius 2 is 1.79 bits per heavy atom. The lowest BCUT2D eigenvalue weighted by atomic mass is 9.95. The van der Waals surface area contributed by atoms with Gasteiger partial charge in [0.25, 0.3) is 0 Å². The number of hydrogen-bond donors (Lipinski definition) is 3. The Morgan fingerprint density at radius 3 is 2.41 bits per heavy atom. The van der Waals surface area contributed by atoms with Crippen molar-refractivity contribution in [3.63, 3.8) is 0 Å². The molecule has 1 unspecified atom stereocenters. The van der Waals surface area contributed by atoms with Gasteiger partial charge in [0.1, 0.15) is 11.6 Å². The number of sulfonamides is 1. The van der Waals surface area contributed by atoms with Crippen molar-refractivity contribution in [3.05, 3.63) is 59.4 Å². The average Bonchev–Trinajstić information content (AvgIpc) is 2.81. The number of carboxylic acids is 1. The maximum Gasteiger partial charge on any atom is 0.573 e. The molecule has 0 spiro atoms. The molecule has 13 heteroatoms. The van der Waals surface area contributed by atoms with E-state index in [9.17, 15) is 35.9 Å². The van der Waals surface area contributed by atoms with Gasteiger partial charge in [-0.1, -0.05) is 18.2 Å². The van der Waals surface area contributed by atoms with Crippen LogP contribution in [0.25, 0.3) is 0 Å². The number of β-amino-alcohol motifs (C(OH)–C–C–N with tert-alkyl or cyclic N) is 1. The molecule has 39 heavy (non-hydrogen) atoms. The molecule has 0 bridgehead atoms. The second kappa shape index (κ2) is 13.6. The van der Waals surface area contributed by atoms with Crippen LogP contribution in [0.5, 0.6) is 5.75 Å². The van der Waals surface area contributed by atoms with E-state index in [0.29, 0.717) is 30.9 Å². The molecule has 2 aromatic rings. The second-order valence-electron chi connectivity index (χ2n) is 9.90. The predicted molar refractivity (Wildman–Crippen MR) is 136 cm³/mol. The number of alkyl halides is 3. The van der Waals surface area contributed by atoms with E-state index in [1.807, 2.05) is 13.8 Å². The average molecular weight is 579 g/mol. The highest BCUT2D eigenvalue weighted by atomic mass is 32.2. The summed E-state index contributed by atoms with van der Waals surface area (Å²) in [6, 6.07) is 9.22. The van der Waals surface area contributed by atoms with Crippen LogP contribution in [0.15, 0.2) is 47.4 Å². The number of aliphatic hydroxyl groups is 1. The topological polar surface area (TPSA) is 116 Å². The first-order valence-corrected chi connectivity index (χ1v) is 13.7. The number of aliphatic carboxylic acids is 1. The molecular weight excluding hydrogens is 544 g/mol. The van der Waals surface area contributed by atoms with Gasteiger partial charge >= 0.3 is 12.3 Å². The highest BCUT2D eigenvalue weighted by Gasteiger charge is 2.32. The molecule has 0 aliphatic carbocycles. The van der Waals surface area contributed by atoms with Crippen molar-refractivity contribution in [3.8, 4) is 5.75 Å². The summed E-state index contributed by atoms with van der Waals surface area (Å²) in [7, 11) is -3.19. The van der Waals surface area contributed by atoms with Crippen molar-refractivity contribution in [1.29, 1.82) is 0 Å². The van der Waals surface area contributed by atoms with Crippen molar-refractivity contribution in [1.82, 2.24) is 9.62 Å². The first-order chi connectivity index (χ1) is 18.0. The molecule has 0 saturated carbocycles. The van der Waals surface area contributed by atoms with Crippen LogP contribution >= 0.6 is 0 Å². The summed E-state index contributed by atoms with van der Waals surface area (Å²) in [5, 5.41) is 22.5. The van der Waals surface area contributed by atoms with E-state index in [0.717, 1.165) is 16.4 Å². The zero-order valence-corrected chi connectivity index (χ0v) is 22.8. The zero-order valence-electron chi connectivity index (χ0n) is 22.0. The van der Waals surface area contributed by atoms with Gasteiger partial charge in [-0.05, 0) is 68.9 Å². The van der Waals surface area contributed by atoms with Crippen LogP contribution < -0.4 is 10.1 Å². The third kappa shape index (κ3) is 11.1. The molecule has 0 saturated heterocycles. The second-order valence-corrected chi connectivity index (χ2v) is 11.9. The molecule has 2 rings (SSSR count). The Bertz CT molecular complexity index is 1220. The minimum absolute atomic E-state index is 0.0215. The number of likely N-dealkylation sites (N-methyl/N-ethyl adjacent to an activating group) is 1. The van der Waals surface area contributed by atoms with Crippen molar-refractivity contribution < 1.29 is 45.7 Å². The third-order valence-corrected chi connectivity index (χ3v) is 7.80. The first kappa shape index (κ1) is 32.5. The van der Waals surface area contributed by atoms with Gasteiger partial charge in [0, 0.05) is 38.2 Å². The Morgan fingerprint density at radius 1 is 1.13 bits per heavy atom. The van der Waals surface area contributed by atoms with Gasteiger partial charge in [0.15, 0.2) is 0 Å². The van der Waals surface area contributed by atoms with Crippen molar-refractivity contribution in [2.75, 3.05) is 20.1 Å². The molecule has 0 aromatic heterocycles. The number of ether oxygens (including phenoxy) is 1. The molecule has 0 aliphatic rings. The Balaban J connectivity index is 2.02. The summed E-state index contributed by atoms with van der Waals surface area (Å²) in [5.74, 6) is -2.27. The summed E-state index contributed by atoms with van der Waals surface area (Å²) < 4.78 is 83.0. The number of rotatable bonds is 15. The van der Waals surface area contributed by atoms with E-state index in [4.69, 9.17) is 5.11 Å². The Hall–Kier alpha value is -2.74. The van der Waals surface area contributed by atoms with Crippen LogP contribution in [0.4, 0.5) is 17.6 Å². The minimum Gasteiger partial charge on any atom is -0.481 e. The molecule has 2 aromatic carbocycles. The Labute approximate surface area is 225 Å². The van der Waals surface area contributed by atoms with E-state index in [1.165, 1.54) is 13.1 Å². The fourth-order valence-corrected chi connectivity index (χ4v) is 5.21. The first-order valence-electron chi connectivity index (χ1n) is 12.2. The molecule has 8 nitrogen and oxygen atoms in total. The molecule has 218 valence electrons. The number of benzene rings is 2. The molecule has 0 amide bonds. The number of halogens is 4. The quantitative estimate of drug-likeness (QED) is 0.273. The molecule has 0 heterocycles. The van der Waals surface area contributed by atoms with Crippen molar-refractivity contribution in [2.45, 2.75) is 68.9 Å². The smallest absolute Gasteiger partial charge is 0.481 e. The summed E-state index contributed by atoms with van der Waals surface area (Å²) in [4.78, 5) is 10.4. The van der Waals surface area contributed by atoms with E-state index < -0.39 is 51.1 Å². The number of carbonyl (C=O) groups is 1. The van der Waals surface area contributed by atoms with Gasteiger partial charge in [0.2, 0.25) is 10.0 Å². The van der Waals surface area contributed by atoms with Crippen molar-refractivity contribution in [2.24, 2.45) is 0 Å². The highest BCUT2D eigenvalue weighted by molar-refractivity contribution is 7.89. The Kier molecular flexibility index (Phi) is 11.3. The van der Waals surface area contributed by atoms with Crippen LogP contribution in [0, 0.1) is 5.82 Å². The molecule has 3 N–H and O–H groups in total. The fraction of sp³-hybridized carbons (Fsp3) is 0.500. The number of carboxylic acid groups (broad SMARTS) is 1. The van der Waals surface area contributed by atoms with Crippen LogP contribution in [-0.2, 0) is 27.7 Å². The lowest BCUT2D eigenvalue weighted by molar-refractivity contribution is -0.274. The number of hydrogen-bond acceptors (Lipinski definition) is 6. The highest BCUT2D eigenvalue weighted by Crippen LogP contribution is 2.29. The largest absolute Gasteiger partial charge is 0.573 e. The summed E-state index contributed by atoms with van der Waals surface area (Å²) in [5.41, 5.74) is 0.188. The SMILES string of the molecule is CN(CC(O)CNC(C)(C)CCCc1ccccc1F)S(=O)(=O)c1cc(CCC(=O)O)cc(OC(F)(F)F)c1. The predicted octanol–water partition coefficient (Wildman–Crippen LogP) is 4.11. The molecule has 1 atom stereocenters. The molecular formula is C26H34F4N2O6S. The van der Waals surface area contributed by atoms with E-state index in [-0.39, 0.29) is 30.9 Å². The van der Waals surface area contributed by atoms with Gasteiger partial charge in [-0.3, -0.25) is 4.79 Å². The van der Waals surface area contributed by atoms with Crippen molar-refractivity contribution >= 4 is 16.0 Å². The van der Waals surface area contributed by atoms with E-state index in [2.05, 4.69) is 10.1 Å². The number of aliphatic hydroxyl groups excluding tert-OH is 1. The van der Waals surface area contributed by atoms with Crippen LogP contribution in [-0.4, -0.2) is 67.0 Å². The van der Waals surface area contributed by atoms with E-state index in [1.54, 1.807) is 18.2 Å². The van der Waals surface area contributed by atoms with Gasteiger partial charge in [-0.2, -0.15) is 4.31 Å². The van der Waals surface area contributed by atoms with Crippen LogP contribution in [0.2, 0.25) is 0 Å². The molecule has 0 radical (unpaired) electrons. The summed E-state index contributed by atoms with van der Waals surface area (Å²) in [6.07, 6.45) is -5.02. The summed E-state index contributed by atoms with van der Waals surface area (Å²) >= 11 is 0. The number of nitrogens with one attached hydrogen (secondary N) is 1. The van der Waals surface area contributed by atoms with Gasteiger partial charge in [-0.25, -0.2) is 12.8 Å². The van der Waals surface area contributed by atoms with Gasteiger partial charge in [0.05, 0.1) is 11.0 Å². The third-order valence-electron chi connectivity index (χ3n) is 6.00. The monoisotopic (exact) mass is 578 g/mol. The standard InChI is InChI=1S/C26H34F4N2O6S/c1-25(2,12-6-8-19-7-4-5-9-23(19)27)31-16-20(33)17-32(3)39(36,37)22-14-18(10-11-24(34)35)13-21(15-22)38-26(28,29)30/h4-5,7,9,13-15,20,31,33H,6,8,10-12,16-17H2,1-3H3,(H,34,35). The van der Waals surface area contributed by atoms with E-state index >= 15 is 0 Å². The van der Waals surface area contributed by atoms with Crippen LogP contribution in [0.3, 0.4) is 0 Å². The normalized spacial score (nSPS) is 13.5. The number of aryl methyl sites for hydroxylation is 2. The molecule has 0 fully saturated rings.